The second kappa shape index (κ2) is 43.6. The highest BCUT2D eigenvalue weighted by atomic mass is 15.2. The number of rotatable bonds is 20. The summed E-state index contributed by atoms with van der Waals surface area (Å²) in [6, 6.07) is 62.5. The van der Waals surface area contributed by atoms with Gasteiger partial charge >= 0.3 is 0 Å². The van der Waals surface area contributed by atoms with Crippen molar-refractivity contribution in [3.05, 3.63) is 293 Å². The van der Waals surface area contributed by atoms with Crippen molar-refractivity contribution in [2.75, 3.05) is 35.2 Å². The lowest BCUT2D eigenvalue weighted by molar-refractivity contribution is 0.801. The zero-order valence-electron chi connectivity index (χ0n) is 69.8. The predicted octanol–water partition coefficient (Wildman–Crippen LogP) is 24.4. The Labute approximate surface area is 657 Å². The molecule has 0 aliphatic rings. The van der Waals surface area contributed by atoms with E-state index in [2.05, 4.69) is 310 Å². The summed E-state index contributed by atoms with van der Waals surface area (Å²) in [7, 11) is 9.65. The fraction of sp³-hybridized carbons (Fsp3) is 0.263. The Morgan fingerprint density at radius 3 is 0.300 bits per heavy atom. The molecule has 15 heteroatoms. The van der Waals surface area contributed by atoms with Crippen LogP contribution in [-0.4, -0.2) is 123 Å². The number of aryl methyl sites for hydroxylation is 20. The molecule has 0 fully saturated rings. The van der Waals surface area contributed by atoms with Crippen LogP contribution in [0.25, 0.3) is 0 Å². The number of hydrogen-bond donors (Lipinski definition) is 0. The van der Waals surface area contributed by atoms with Crippen molar-refractivity contribution in [2.45, 2.75) is 138 Å². The Kier molecular flexibility index (Phi) is 34.4. The van der Waals surface area contributed by atoms with E-state index in [1.165, 1.54) is 111 Å². The van der Waals surface area contributed by atoms with Gasteiger partial charge in [-0.15, -0.1) is 0 Å². The highest BCUT2D eigenvalue weighted by Crippen LogP contribution is 2.27. The van der Waals surface area contributed by atoms with Gasteiger partial charge in [0.25, 0.3) is 0 Å². The van der Waals surface area contributed by atoms with E-state index in [-0.39, 0.29) is 0 Å². The van der Waals surface area contributed by atoms with Crippen molar-refractivity contribution in [3.63, 3.8) is 0 Å². The molecule has 0 amide bonds. The number of nitrogens with zero attached hydrogens (tertiary/aromatic N) is 15. The highest BCUT2D eigenvalue weighted by molar-refractivity contribution is 5.83. The van der Waals surface area contributed by atoms with Crippen molar-refractivity contribution >= 4 is 120 Å². The molecule has 570 valence electrons. The Hall–Kier alpha value is -12.1. The molecule has 0 aliphatic carbocycles. The minimum absolute atomic E-state index is 0.984. The molecule has 15 nitrogen and oxygen atoms in total. The lowest BCUT2D eigenvalue weighted by Gasteiger charge is -2.07. The molecule has 0 spiro atoms. The summed E-state index contributed by atoms with van der Waals surface area (Å²) < 4.78 is 0. The predicted molar refractivity (Wildman–Crippen MR) is 479 cm³/mol. The third-order valence-corrected chi connectivity index (χ3v) is 17.3. The first-order chi connectivity index (χ1) is 52.3. The van der Waals surface area contributed by atoms with Gasteiger partial charge in [-0.05, 0) is 255 Å². The molecule has 0 saturated heterocycles. The third-order valence-electron chi connectivity index (χ3n) is 17.3. The van der Waals surface area contributed by atoms with Crippen LogP contribution in [0.5, 0.6) is 0 Å². The van der Waals surface area contributed by atoms with Gasteiger partial charge in [0.05, 0.1) is 120 Å². The quantitative estimate of drug-likeness (QED) is 0.0552. The van der Waals surface area contributed by atoms with Gasteiger partial charge in [0.1, 0.15) is 0 Å². The van der Waals surface area contributed by atoms with E-state index < -0.39 is 0 Å². The molecule has 0 bridgehead atoms. The molecule has 10 aromatic rings. The molecule has 0 aliphatic heterocycles. The second-order valence-corrected chi connectivity index (χ2v) is 28.7. The molecule has 10 aromatic carbocycles. The molecule has 110 heavy (non-hydrogen) atoms. The second-order valence-electron chi connectivity index (χ2n) is 28.7. The average Bonchev–Trinajstić information content (AvgIpc) is 0.856. The van der Waals surface area contributed by atoms with Gasteiger partial charge in [0.2, 0.25) is 0 Å². The first-order valence-corrected chi connectivity index (χ1v) is 37.0. The fourth-order valence-electron chi connectivity index (χ4n) is 11.2. The van der Waals surface area contributed by atoms with E-state index >= 15 is 0 Å². The summed E-state index contributed by atoms with van der Waals surface area (Å²) in [4.78, 5) is 54.4. The monoisotopic (exact) mass is 1470 g/mol. The number of benzene rings is 10. The Balaban J connectivity index is 0.000000215. The van der Waals surface area contributed by atoms with E-state index in [1.807, 2.05) is 120 Å². The molecule has 0 heterocycles. The minimum Gasteiger partial charge on any atom is -0.326 e. The summed E-state index contributed by atoms with van der Waals surface area (Å²) in [5, 5.41) is 0. The lowest BCUT2D eigenvalue weighted by Crippen LogP contribution is -2.12. The zero-order valence-corrected chi connectivity index (χ0v) is 69.8. The SMILES string of the molecule is Cc1ccc(/N=C/N(C)/C=N/c2ccc(C)cc2C)c(C)c1.Cc1ccc(/N=C/N(C)/C=N/c2ccc(C)cc2C)c(C)c1.Cc1ccc(/N=C/N(C)/C=N/c2ccc(C)cc2C)c(C)c1.Cc1ccc(/N=C/N(C)/C=N/c2ccc(C)cc2C)c(C)c1.Cc1ccc(/N=C/N(C)/C=N/c2ccc(C)cc2C)c(C)c1. The maximum Gasteiger partial charge on any atom is 0.0961 e. The Morgan fingerprint density at radius 1 is 0.145 bits per heavy atom. The summed E-state index contributed by atoms with van der Waals surface area (Å²) in [6.07, 6.45) is 17.8. The molecule has 0 N–H and O–H groups in total. The van der Waals surface area contributed by atoms with Crippen molar-refractivity contribution in [1.82, 2.24) is 24.5 Å². The minimum atomic E-state index is 0.984. The normalized spacial score (nSPS) is 11.5. The molecule has 0 radical (unpaired) electrons. The molecular weight excluding hydrogens is 1350 g/mol. The summed E-state index contributed by atoms with van der Waals surface area (Å²) in [6.45, 7) is 41.6. The van der Waals surface area contributed by atoms with Crippen LogP contribution >= 0.6 is 0 Å². The Morgan fingerprint density at radius 2 is 0.227 bits per heavy atom. The van der Waals surface area contributed by atoms with E-state index in [1.54, 1.807) is 63.4 Å². The maximum atomic E-state index is 4.51. The first kappa shape index (κ1) is 86.8. The average molecular weight is 1470 g/mol. The van der Waals surface area contributed by atoms with Gasteiger partial charge in [-0.1, -0.05) is 177 Å². The first-order valence-electron chi connectivity index (χ1n) is 37.0. The third kappa shape index (κ3) is 30.6. The molecule has 0 saturated carbocycles. The summed E-state index contributed by atoms with van der Waals surface area (Å²) in [5.41, 5.74) is 34.1. The van der Waals surface area contributed by atoms with E-state index in [4.69, 9.17) is 0 Å². The van der Waals surface area contributed by atoms with Crippen molar-refractivity contribution in [1.29, 1.82) is 0 Å². The smallest absolute Gasteiger partial charge is 0.0961 e. The molecular formula is C95H115N15. The lowest BCUT2D eigenvalue weighted by atomic mass is 10.1. The number of aliphatic imine (C=N–C) groups is 10. The van der Waals surface area contributed by atoms with E-state index in [0.717, 1.165) is 56.9 Å². The summed E-state index contributed by atoms with van der Waals surface area (Å²) in [5.74, 6) is 0. The van der Waals surface area contributed by atoms with Crippen LogP contribution in [0.1, 0.15) is 111 Å². The van der Waals surface area contributed by atoms with Crippen LogP contribution in [0.4, 0.5) is 56.9 Å². The standard InChI is InChI=1S/5C19H23N3/c5*1-14-6-8-18(16(3)10-14)20-12-22(5)13-21-19-9-7-15(2)11-17(19)4/h5*6-13H,1-5H3/b5*20-12+,21-13+. The fourth-order valence-corrected chi connectivity index (χ4v) is 11.2. The van der Waals surface area contributed by atoms with Gasteiger partial charge in [0, 0.05) is 35.2 Å². The summed E-state index contributed by atoms with van der Waals surface area (Å²) >= 11 is 0. The van der Waals surface area contributed by atoms with Gasteiger partial charge in [-0.2, -0.15) is 0 Å². The van der Waals surface area contributed by atoms with Gasteiger partial charge in [-0.25, -0.2) is 49.9 Å². The highest BCUT2D eigenvalue weighted by Gasteiger charge is 2.05. The number of hydrogen-bond acceptors (Lipinski definition) is 10. The molecule has 0 atom stereocenters. The van der Waals surface area contributed by atoms with Crippen LogP contribution in [0, 0.1) is 138 Å². The van der Waals surface area contributed by atoms with Crippen molar-refractivity contribution < 1.29 is 0 Å². The topological polar surface area (TPSA) is 140 Å². The zero-order chi connectivity index (χ0) is 80.6. The van der Waals surface area contributed by atoms with Crippen LogP contribution in [-0.2, 0) is 0 Å². The van der Waals surface area contributed by atoms with Crippen LogP contribution in [0.2, 0.25) is 0 Å². The van der Waals surface area contributed by atoms with E-state index in [0.29, 0.717) is 0 Å². The van der Waals surface area contributed by atoms with Crippen molar-refractivity contribution in [2.24, 2.45) is 49.9 Å². The van der Waals surface area contributed by atoms with E-state index in [9.17, 15) is 0 Å². The van der Waals surface area contributed by atoms with Crippen LogP contribution < -0.4 is 0 Å². The molecule has 0 aromatic heterocycles. The maximum absolute atomic E-state index is 4.51. The van der Waals surface area contributed by atoms with Crippen LogP contribution in [0.15, 0.2) is 232 Å². The van der Waals surface area contributed by atoms with Gasteiger partial charge in [-0.3, -0.25) is 0 Å². The Bertz CT molecular complexity index is 3990. The van der Waals surface area contributed by atoms with Crippen LogP contribution in [0.3, 0.4) is 0 Å². The molecule has 10 rings (SSSR count). The van der Waals surface area contributed by atoms with Gasteiger partial charge in [0.15, 0.2) is 0 Å². The molecule has 0 unspecified atom stereocenters. The largest absolute Gasteiger partial charge is 0.326 e. The van der Waals surface area contributed by atoms with Gasteiger partial charge < -0.3 is 24.5 Å². The van der Waals surface area contributed by atoms with Crippen molar-refractivity contribution in [3.8, 4) is 0 Å².